The van der Waals surface area contributed by atoms with Crippen molar-refractivity contribution < 1.29 is 32.7 Å². The Hall–Kier alpha value is -2.46. The van der Waals surface area contributed by atoms with Crippen LogP contribution >= 0.6 is 0 Å². The standard InChI is InChI=1S/C19H27N3O2.C2HF3O2/c1-20-10-13-22-11-8-15(9-12-22)14-2-4-16(5-3-14)17-6-7-18(23)21-19(17)24;3-2(4,5)1(6)7/h2-5,15,17,20H,6-13H2,1H3,(H,21,23,24);(H,6,7). The van der Waals surface area contributed by atoms with Gasteiger partial charge in [-0.1, -0.05) is 24.3 Å². The second-order valence-electron chi connectivity index (χ2n) is 7.69. The summed E-state index contributed by atoms with van der Waals surface area (Å²) in [4.78, 5) is 34.6. The maximum absolute atomic E-state index is 12.0. The van der Waals surface area contributed by atoms with Crippen LogP contribution in [0.25, 0.3) is 0 Å². The van der Waals surface area contributed by atoms with E-state index in [9.17, 15) is 22.8 Å². The molecule has 10 heteroatoms. The van der Waals surface area contributed by atoms with Crippen LogP contribution in [0.2, 0.25) is 0 Å². The summed E-state index contributed by atoms with van der Waals surface area (Å²) < 4.78 is 31.7. The van der Waals surface area contributed by atoms with Gasteiger partial charge in [0, 0.05) is 19.5 Å². The third-order valence-electron chi connectivity index (χ3n) is 5.56. The maximum atomic E-state index is 12.0. The number of amides is 2. The fourth-order valence-electron chi connectivity index (χ4n) is 3.77. The minimum Gasteiger partial charge on any atom is -0.475 e. The van der Waals surface area contributed by atoms with Gasteiger partial charge in [0.05, 0.1) is 5.92 Å². The first kappa shape index (κ1) is 24.8. The van der Waals surface area contributed by atoms with Crippen LogP contribution in [0.4, 0.5) is 13.2 Å². The molecule has 1 atom stereocenters. The highest BCUT2D eigenvalue weighted by atomic mass is 19.4. The lowest BCUT2D eigenvalue weighted by Gasteiger charge is -2.32. The number of nitrogens with one attached hydrogen (secondary N) is 2. The highest BCUT2D eigenvalue weighted by molar-refractivity contribution is 6.00. The van der Waals surface area contributed by atoms with Crippen molar-refractivity contribution in [3.05, 3.63) is 35.4 Å². The third kappa shape index (κ3) is 7.62. The fourth-order valence-corrected chi connectivity index (χ4v) is 3.77. The summed E-state index contributed by atoms with van der Waals surface area (Å²) in [5.74, 6) is -2.63. The maximum Gasteiger partial charge on any atom is 0.490 e. The Morgan fingerprint density at radius 2 is 1.68 bits per heavy atom. The van der Waals surface area contributed by atoms with Gasteiger partial charge in [0.1, 0.15) is 0 Å². The van der Waals surface area contributed by atoms with E-state index in [0.717, 1.165) is 31.7 Å². The van der Waals surface area contributed by atoms with Gasteiger partial charge in [0.2, 0.25) is 11.8 Å². The van der Waals surface area contributed by atoms with Gasteiger partial charge in [0.15, 0.2) is 0 Å². The average Bonchev–Trinajstić information content (AvgIpc) is 2.73. The predicted octanol–water partition coefficient (Wildman–Crippen LogP) is 2.24. The summed E-state index contributed by atoms with van der Waals surface area (Å²) in [5.41, 5.74) is 2.40. The van der Waals surface area contributed by atoms with Gasteiger partial charge in [-0.05, 0) is 56.4 Å². The number of halogens is 3. The van der Waals surface area contributed by atoms with Crippen LogP contribution in [0.15, 0.2) is 24.3 Å². The molecule has 1 aromatic rings. The molecule has 0 aliphatic carbocycles. The Morgan fingerprint density at radius 3 is 2.16 bits per heavy atom. The molecular formula is C21H28F3N3O4. The summed E-state index contributed by atoms with van der Waals surface area (Å²) in [6.45, 7) is 4.48. The number of rotatable bonds is 5. The summed E-state index contributed by atoms with van der Waals surface area (Å²) in [6, 6.07) is 8.49. The van der Waals surface area contributed by atoms with Gasteiger partial charge in [-0.25, -0.2) is 4.79 Å². The van der Waals surface area contributed by atoms with Crippen LogP contribution in [-0.2, 0) is 14.4 Å². The zero-order valence-electron chi connectivity index (χ0n) is 17.4. The van der Waals surface area contributed by atoms with Gasteiger partial charge in [0.25, 0.3) is 0 Å². The number of carbonyl (C=O) groups excluding carboxylic acids is 2. The number of benzene rings is 1. The number of carbonyl (C=O) groups is 3. The first-order valence-electron chi connectivity index (χ1n) is 10.2. The molecular weight excluding hydrogens is 415 g/mol. The molecule has 31 heavy (non-hydrogen) atoms. The molecule has 1 aromatic carbocycles. The van der Waals surface area contributed by atoms with Gasteiger partial charge in [-0.3, -0.25) is 14.9 Å². The first-order valence-corrected chi connectivity index (χ1v) is 10.2. The molecule has 2 aliphatic rings. The number of carboxylic acid groups (broad SMARTS) is 1. The number of aliphatic carboxylic acids is 1. The molecule has 0 saturated carbocycles. The Labute approximate surface area is 179 Å². The molecule has 0 radical (unpaired) electrons. The van der Waals surface area contributed by atoms with Crippen molar-refractivity contribution >= 4 is 17.8 Å². The number of hydrogen-bond donors (Lipinski definition) is 3. The number of imide groups is 1. The highest BCUT2D eigenvalue weighted by Gasteiger charge is 2.38. The number of likely N-dealkylation sites (tertiary alicyclic amines) is 1. The largest absolute Gasteiger partial charge is 0.490 e. The molecule has 7 nitrogen and oxygen atoms in total. The molecule has 172 valence electrons. The molecule has 1 unspecified atom stereocenters. The molecule has 2 fully saturated rings. The second kappa shape index (κ2) is 11.2. The van der Waals surface area contributed by atoms with Crippen molar-refractivity contribution in [2.45, 2.75) is 43.7 Å². The monoisotopic (exact) mass is 443 g/mol. The second-order valence-corrected chi connectivity index (χ2v) is 7.69. The lowest BCUT2D eigenvalue weighted by molar-refractivity contribution is -0.192. The lowest BCUT2D eigenvalue weighted by atomic mass is 9.86. The molecule has 3 N–H and O–H groups in total. The SMILES string of the molecule is CNCCN1CCC(c2ccc(C3CCC(=O)NC3=O)cc2)CC1.O=C(O)C(F)(F)F. The quantitative estimate of drug-likeness (QED) is 0.604. The van der Waals surface area contributed by atoms with Crippen LogP contribution < -0.4 is 10.6 Å². The summed E-state index contributed by atoms with van der Waals surface area (Å²) >= 11 is 0. The molecule has 3 rings (SSSR count). The van der Waals surface area contributed by atoms with E-state index in [1.807, 2.05) is 7.05 Å². The first-order chi connectivity index (χ1) is 14.6. The molecule has 0 aromatic heterocycles. The Kier molecular flexibility index (Phi) is 9.00. The van der Waals surface area contributed by atoms with E-state index in [0.29, 0.717) is 18.8 Å². The third-order valence-corrected chi connectivity index (χ3v) is 5.56. The van der Waals surface area contributed by atoms with Gasteiger partial charge in [-0.2, -0.15) is 13.2 Å². The minimum atomic E-state index is -5.08. The molecule has 2 aliphatic heterocycles. The Bertz CT molecular complexity index is 760. The topological polar surface area (TPSA) is 98.7 Å². The normalized spacial score (nSPS) is 20.6. The summed E-state index contributed by atoms with van der Waals surface area (Å²) in [6.07, 6.45) is -1.64. The molecule has 0 spiro atoms. The van der Waals surface area contributed by atoms with E-state index in [1.165, 1.54) is 18.4 Å². The lowest BCUT2D eigenvalue weighted by Crippen LogP contribution is -2.39. The molecule has 2 heterocycles. The van der Waals surface area contributed by atoms with E-state index in [-0.39, 0.29) is 17.7 Å². The Morgan fingerprint density at radius 1 is 1.13 bits per heavy atom. The van der Waals surface area contributed by atoms with Gasteiger partial charge in [-0.15, -0.1) is 0 Å². The van der Waals surface area contributed by atoms with E-state index in [4.69, 9.17) is 9.90 Å². The van der Waals surface area contributed by atoms with Crippen LogP contribution in [-0.4, -0.2) is 67.2 Å². The minimum absolute atomic E-state index is 0.155. The van der Waals surface area contributed by atoms with Crippen molar-refractivity contribution in [1.82, 2.24) is 15.5 Å². The van der Waals surface area contributed by atoms with Crippen LogP contribution in [0.5, 0.6) is 0 Å². The summed E-state index contributed by atoms with van der Waals surface area (Å²) in [7, 11) is 2.00. The zero-order chi connectivity index (χ0) is 23.0. The summed E-state index contributed by atoms with van der Waals surface area (Å²) in [5, 5.41) is 12.8. The number of alkyl halides is 3. The van der Waals surface area contributed by atoms with Crippen molar-refractivity contribution in [1.29, 1.82) is 0 Å². The van der Waals surface area contributed by atoms with Crippen molar-refractivity contribution in [3.63, 3.8) is 0 Å². The average molecular weight is 443 g/mol. The van der Waals surface area contributed by atoms with E-state index >= 15 is 0 Å². The highest BCUT2D eigenvalue weighted by Crippen LogP contribution is 2.30. The van der Waals surface area contributed by atoms with E-state index in [1.54, 1.807) is 0 Å². The molecule has 2 saturated heterocycles. The van der Waals surface area contributed by atoms with Crippen molar-refractivity contribution in [3.8, 4) is 0 Å². The number of nitrogens with zero attached hydrogens (tertiary/aromatic N) is 1. The Balaban J connectivity index is 0.000000423. The van der Waals surface area contributed by atoms with Crippen LogP contribution in [0.3, 0.4) is 0 Å². The number of piperidine rings is 2. The van der Waals surface area contributed by atoms with E-state index in [2.05, 4.69) is 39.8 Å². The number of likely N-dealkylation sites (N-methyl/N-ethyl adjacent to an activating group) is 1. The number of carboxylic acids is 1. The van der Waals surface area contributed by atoms with Crippen molar-refractivity contribution in [2.24, 2.45) is 0 Å². The predicted molar refractivity (Wildman–Crippen MR) is 108 cm³/mol. The van der Waals surface area contributed by atoms with Crippen LogP contribution in [0, 0.1) is 0 Å². The molecule has 0 bridgehead atoms. The zero-order valence-corrected chi connectivity index (χ0v) is 17.4. The molecule has 2 amide bonds. The van der Waals surface area contributed by atoms with Crippen molar-refractivity contribution in [2.75, 3.05) is 33.2 Å². The van der Waals surface area contributed by atoms with Crippen LogP contribution in [0.1, 0.15) is 48.6 Å². The number of hydrogen-bond acceptors (Lipinski definition) is 5. The van der Waals surface area contributed by atoms with Gasteiger partial charge >= 0.3 is 12.1 Å². The van der Waals surface area contributed by atoms with Gasteiger partial charge < -0.3 is 15.3 Å². The fraction of sp³-hybridized carbons (Fsp3) is 0.571. The smallest absolute Gasteiger partial charge is 0.475 e. The van der Waals surface area contributed by atoms with E-state index < -0.39 is 12.1 Å².